The van der Waals surface area contributed by atoms with E-state index in [0.717, 1.165) is 0 Å². The van der Waals surface area contributed by atoms with Crippen LogP contribution in [-0.2, 0) is 34.5 Å². The monoisotopic (exact) mass is 518 g/mol. The van der Waals surface area contributed by atoms with Gasteiger partial charge in [0.1, 0.15) is 0 Å². The molecule has 39 heavy (non-hydrogen) atoms. The van der Waals surface area contributed by atoms with Gasteiger partial charge in [0.25, 0.3) is 0 Å². The molecule has 0 saturated heterocycles. The Bertz CT molecular complexity index is 1360. The fourth-order valence-electron chi connectivity index (χ4n) is 8.90. The van der Waals surface area contributed by atoms with Gasteiger partial charge in [-0.15, -0.1) is 0 Å². The normalized spacial score (nSPS) is 25.7. The lowest BCUT2D eigenvalue weighted by atomic mass is 9.52. The molecule has 3 atom stereocenters. The lowest BCUT2D eigenvalue weighted by molar-refractivity contribution is 0.232. The van der Waals surface area contributed by atoms with Gasteiger partial charge in [0.05, 0.1) is 0 Å². The molecule has 3 unspecified atom stereocenters. The van der Waals surface area contributed by atoms with Crippen LogP contribution in [0.15, 0.2) is 60.7 Å². The summed E-state index contributed by atoms with van der Waals surface area (Å²) in [6.45, 7) is 16.6. The van der Waals surface area contributed by atoms with Gasteiger partial charge in [-0.05, 0) is 106 Å². The van der Waals surface area contributed by atoms with Crippen molar-refractivity contribution in [2.75, 3.05) is 0 Å². The van der Waals surface area contributed by atoms with E-state index in [9.17, 15) is 0 Å². The summed E-state index contributed by atoms with van der Waals surface area (Å²) in [6.07, 6.45) is 11.7. The SMILES string of the molecule is CCCCc1ccc(CC2CCC34CCCC23c2cc(C(C)(C)C)ccc2-c2ccc(C(C)(C)C)cc24)cc1. The third-order valence-electron chi connectivity index (χ3n) is 11.0. The van der Waals surface area contributed by atoms with Gasteiger partial charge in [0, 0.05) is 10.8 Å². The van der Waals surface area contributed by atoms with Crippen molar-refractivity contribution in [1.82, 2.24) is 0 Å². The number of benzene rings is 3. The van der Waals surface area contributed by atoms with Crippen molar-refractivity contribution in [3.05, 3.63) is 94.0 Å². The molecule has 3 aromatic rings. The minimum absolute atomic E-state index is 0.158. The molecule has 3 aliphatic rings. The summed E-state index contributed by atoms with van der Waals surface area (Å²) in [4.78, 5) is 0. The lowest BCUT2D eigenvalue weighted by Crippen LogP contribution is -2.48. The first-order valence-electron chi connectivity index (χ1n) is 15.9. The summed E-state index contributed by atoms with van der Waals surface area (Å²) in [5.41, 5.74) is 13.3. The minimum Gasteiger partial charge on any atom is -0.0654 e. The van der Waals surface area contributed by atoms with Crippen LogP contribution < -0.4 is 0 Å². The first kappa shape index (κ1) is 26.9. The second-order valence-corrected chi connectivity index (χ2v) is 15.3. The standard InChI is InChI=1S/C39H50/c1-8-9-11-27-12-14-28(15-13-27)24-31-20-23-38-21-10-22-39(31,38)35-26-30(37(5,6)7)17-19-33(35)32-18-16-29(25-34(32)38)36(2,3)4/h12-19,25-26,31H,8-11,20-24H2,1-7H3. The molecule has 0 spiro atoms. The second kappa shape index (κ2) is 9.36. The van der Waals surface area contributed by atoms with Gasteiger partial charge >= 0.3 is 0 Å². The number of aryl methyl sites for hydroxylation is 1. The quantitative estimate of drug-likeness (QED) is 0.315. The smallest absolute Gasteiger partial charge is 0.00876 e. The summed E-state index contributed by atoms with van der Waals surface area (Å²) >= 11 is 0. The molecule has 2 fully saturated rings. The van der Waals surface area contributed by atoms with E-state index >= 15 is 0 Å². The van der Waals surface area contributed by atoms with Gasteiger partial charge in [-0.2, -0.15) is 0 Å². The van der Waals surface area contributed by atoms with Gasteiger partial charge in [0.15, 0.2) is 0 Å². The summed E-state index contributed by atoms with van der Waals surface area (Å²) in [6, 6.07) is 24.9. The number of rotatable bonds is 5. The van der Waals surface area contributed by atoms with Crippen molar-refractivity contribution in [2.45, 2.75) is 128 Å². The lowest BCUT2D eigenvalue weighted by Gasteiger charge is -2.51. The molecular formula is C39H50. The molecule has 3 aliphatic carbocycles. The van der Waals surface area contributed by atoms with E-state index in [0.29, 0.717) is 5.92 Å². The van der Waals surface area contributed by atoms with Crippen LogP contribution in [0.3, 0.4) is 0 Å². The number of hydrogen-bond acceptors (Lipinski definition) is 0. The van der Waals surface area contributed by atoms with Crippen LogP contribution in [0, 0.1) is 5.92 Å². The van der Waals surface area contributed by atoms with Crippen LogP contribution in [0.25, 0.3) is 11.1 Å². The summed E-state index contributed by atoms with van der Waals surface area (Å²) < 4.78 is 0. The Morgan fingerprint density at radius 1 is 0.692 bits per heavy atom. The van der Waals surface area contributed by atoms with E-state index < -0.39 is 0 Å². The van der Waals surface area contributed by atoms with Gasteiger partial charge in [-0.1, -0.05) is 122 Å². The molecular weight excluding hydrogens is 468 g/mol. The van der Waals surface area contributed by atoms with Crippen molar-refractivity contribution in [3.63, 3.8) is 0 Å². The van der Waals surface area contributed by atoms with E-state index in [1.807, 2.05) is 0 Å². The highest BCUT2D eigenvalue weighted by Crippen LogP contribution is 2.71. The molecule has 6 rings (SSSR count). The molecule has 0 radical (unpaired) electrons. The zero-order chi connectivity index (χ0) is 27.6. The zero-order valence-electron chi connectivity index (χ0n) is 25.7. The highest BCUT2D eigenvalue weighted by atomic mass is 14.7. The van der Waals surface area contributed by atoms with Crippen LogP contribution in [0.2, 0.25) is 0 Å². The molecule has 0 aromatic heterocycles. The van der Waals surface area contributed by atoms with Crippen molar-refractivity contribution >= 4 is 0 Å². The summed E-state index contributed by atoms with van der Waals surface area (Å²) in [5.74, 6) is 0.696. The Labute approximate surface area is 238 Å². The average molecular weight is 519 g/mol. The largest absolute Gasteiger partial charge is 0.0654 e. The highest BCUT2D eigenvalue weighted by Gasteiger charge is 2.66. The van der Waals surface area contributed by atoms with E-state index in [1.54, 1.807) is 16.7 Å². The van der Waals surface area contributed by atoms with Crippen molar-refractivity contribution in [2.24, 2.45) is 5.92 Å². The van der Waals surface area contributed by atoms with E-state index in [2.05, 4.69) is 109 Å². The fraction of sp³-hybridized carbons (Fsp3) is 0.538. The van der Waals surface area contributed by atoms with E-state index in [-0.39, 0.29) is 21.7 Å². The third-order valence-corrected chi connectivity index (χ3v) is 11.0. The Morgan fingerprint density at radius 3 is 1.90 bits per heavy atom. The van der Waals surface area contributed by atoms with Crippen LogP contribution in [0.5, 0.6) is 0 Å². The van der Waals surface area contributed by atoms with Crippen molar-refractivity contribution in [3.8, 4) is 11.1 Å². The number of hydrogen-bond donors (Lipinski definition) is 0. The molecule has 206 valence electrons. The number of fused-ring (bicyclic) bond motifs is 3. The Kier molecular flexibility index (Phi) is 6.45. The van der Waals surface area contributed by atoms with Crippen LogP contribution in [0.4, 0.5) is 0 Å². The maximum atomic E-state index is 2.67. The van der Waals surface area contributed by atoms with E-state index in [4.69, 9.17) is 0 Å². The molecule has 0 nitrogen and oxygen atoms in total. The van der Waals surface area contributed by atoms with E-state index in [1.165, 1.54) is 85.6 Å². The van der Waals surface area contributed by atoms with Gasteiger partial charge in [-0.3, -0.25) is 0 Å². The summed E-state index contributed by atoms with van der Waals surface area (Å²) in [5, 5.41) is 0. The second-order valence-electron chi connectivity index (χ2n) is 15.3. The molecule has 0 N–H and O–H groups in total. The van der Waals surface area contributed by atoms with Crippen LogP contribution >= 0.6 is 0 Å². The minimum atomic E-state index is 0.158. The molecule has 2 saturated carbocycles. The maximum absolute atomic E-state index is 2.67. The van der Waals surface area contributed by atoms with Gasteiger partial charge in [-0.25, -0.2) is 0 Å². The first-order valence-corrected chi connectivity index (χ1v) is 15.9. The molecule has 0 bridgehead atoms. The third kappa shape index (κ3) is 4.15. The number of unbranched alkanes of at least 4 members (excludes halogenated alkanes) is 1. The average Bonchev–Trinajstić information content (AvgIpc) is 3.44. The fourth-order valence-corrected chi connectivity index (χ4v) is 8.90. The predicted molar refractivity (Wildman–Crippen MR) is 168 cm³/mol. The van der Waals surface area contributed by atoms with Gasteiger partial charge < -0.3 is 0 Å². The summed E-state index contributed by atoms with van der Waals surface area (Å²) in [7, 11) is 0. The Hall–Kier alpha value is -2.34. The first-order chi connectivity index (χ1) is 18.5. The molecule has 0 aliphatic heterocycles. The zero-order valence-corrected chi connectivity index (χ0v) is 25.7. The Morgan fingerprint density at radius 2 is 1.28 bits per heavy atom. The predicted octanol–water partition coefficient (Wildman–Crippen LogP) is 10.6. The van der Waals surface area contributed by atoms with Crippen molar-refractivity contribution < 1.29 is 0 Å². The van der Waals surface area contributed by atoms with Crippen LogP contribution in [-0.4, -0.2) is 0 Å². The van der Waals surface area contributed by atoms with Gasteiger partial charge in [0.2, 0.25) is 0 Å². The molecule has 0 amide bonds. The molecule has 0 heteroatoms. The van der Waals surface area contributed by atoms with Crippen molar-refractivity contribution in [1.29, 1.82) is 0 Å². The molecule has 3 aromatic carbocycles. The maximum Gasteiger partial charge on any atom is 0.00876 e. The Balaban J connectivity index is 1.51. The highest BCUT2D eigenvalue weighted by molar-refractivity contribution is 5.80. The topological polar surface area (TPSA) is 0 Å². The van der Waals surface area contributed by atoms with Crippen LogP contribution in [0.1, 0.15) is 127 Å². The molecule has 0 heterocycles.